The zero-order valence-electron chi connectivity index (χ0n) is 8.31. The molecule has 15 heavy (non-hydrogen) atoms. The van der Waals surface area contributed by atoms with Gasteiger partial charge in [-0.1, -0.05) is 0 Å². The van der Waals surface area contributed by atoms with Crippen molar-refractivity contribution >= 4 is 11.8 Å². The third-order valence-electron chi connectivity index (χ3n) is 2.21. The number of ether oxygens (including phenoxy) is 1. The first-order valence-corrected chi connectivity index (χ1v) is 4.77. The summed E-state index contributed by atoms with van der Waals surface area (Å²) in [5.41, 5.74) is 5.83. The van der Waals surface area contributed by atoms with Crippen LogP contribution in [0.15, 0.2) is 12.3 Å². The van der Waals surface area contributed by atoms with Crippen molar-refractivity contribution in [2.24, 2.45) is 5.73 Å². The van der Waals surface area contributed by atoms with Gasteiger partial charge >= 0.3 is 0 Å². The maximum Gasteiger partial charge on any atom is 0.226 e. The lowest BCUT2D eigenvalue weighted by atomic mass is 10.4. The summed E-state index contributed by atoms with van der Waals surface area (Å²) in [6.45, 7) is 2.93. The fraction of sp³-hybridized carbons (Fsp3) is 0.444. The van der Waals surface area contributed by atoms with Crippen molar-refractivity contribution in [2.45, 2.75) is 0 Å². The van der Waals surface area contributed by atoms with Crippen molar-refractivity contribution in [2.75, 3.05) is 31.2 Å². The molecule has 0 atom stereocenters. The maximum atomic E-state index is 7.29. The van der Waals surface area contributed by atoms with E-state index < -0.39 is 0 Å². The number of hydrogen-bond acceptors (Lipinski definition) is 5. The number of rotatable bonds is 2. The van der Waals surface area contributed by atoms with Gasteiger partial charge in [0.2, 0.25) is 5.95 Å². The molecule has 1 aliphatic heterocycles. The number of nitrogen functional groups attached to an aromatic ring is 1. The maximum absolute atomic E-state index is 7.29. The van der Waals surface area contributed by atoms with E-state index in [1.807, 2.05) is 4.90 Å². The highest BCUT2D eigenvalue weighted by atomic mass is 16.5. The second-order valence-corrected chi connectivity index (χ2v) is 3.25. The topological polar surface area (TPSA) is 88.1 Å². The van der Waals surface area contributed by atoms with Gasteiger partial charge in [0, 0.05) is 19.3 Å². The predicted octanol–water partition coefficient (Wildman–Crippen LogP) is -0.403. The fourth-order valence-electron chi connectivity index (χ4n) is 1.41. The first-order valence-electron chi connectivity index (χ1n) is 4.77. The Morgan fingerprint density at radius 3 is 2.87 bits per heavy atom. The van der Waals surface area contributed by atoms with Crippen LogP contribution in [0.3, 0.4) is 0 Å². The molecule has 1 saturated heterocycles. The van der Waals surface area contributed by atoms with E-state index in [9.17, 15) is 0 Å². The molecule has 0 spiro atoms. The summed E-state index contributed by atoms with van der Waals surface area (Å²) in [5, 5.41) is 7.29. The third kappa shape index (κ3) is 2.21. The molecule has 1 aromatic rings. The standard InChI is InChI=1S/C9H13N5O/c10-8(11)7-1-2-12-9(13-7)14-3-5-15-6-4-14/h1-2H,3-6H2,(H3,10,11). The van der Waals surface area contributed by atoms with E-state index in [1.54, 1.807) is 12.3 Å². The molecular weight excluding hydrogens is 194 g/mol. The lowest BCUT2D eigenvalue weighted by molar-refractivity contribution is 0.122. The Morgan fingerprint density at radius 1 is 1.47 bits per heavy atom. The summed E-state index contributed by atoms with van der Waals surface area (Å²) >= 11 is 0. The SMILES string of the molecule is N=C(N)c1ccnc(N2CCOCC2)n1. The van der Waals surface area contributed by atoms with Gasteiger partial charge in [0.15, 0.2) is 0 Å². The molecule has 1 aliphatic rings. The molecule has 2 rings (SSSR count). The molecular formula is C9H13N5O. The minimum absolute atomic E-state index is 0.0353. The van der Waals surface area contributed by atoms with Crippen molar-refractivity contribution in [1.82, 2.24) is 9.97 Å². The normalized spacial score (nSPS) is 16.4. The molecule has 80 valence electrons. The van der Waals surface area contributed by atoms with Gasteiger partial charge in [-0.05, 0) is 6.07 Å². The molecule has 6 heteroatoms. The quantitative estimate of drug-likeness (QED) is 0.508. The second-order valence-electron chi connectivity index (χ2n) is 3.25. The highest BCUT2D eigenvalue weighted by molar-refractivity contribution is 5.93. The molecule has 2 heterocycles. The lowest BCUT2D eigenvalue weighted by Gasteiger charge is -2.26. The van der Waals surface area contributed by atoms with Crippen molar-refractivity contribution in [3.63, 3.8) is 0 Å². The first-order chi connectivity index (χ1) is 7.27. The Labute approximate surface area is 87.6 Å². The Kier molecular flexibility index (Phi) is 2.77. The van der Waals surface area contributed by atoms with Gasteiger partial charge in [-0.3, -0.25) is 5.41 Å². The van der Waals surface area contributed by atoms with Crippen LogP contribution in [0, 0.1) is 5.41 Å². The van der Waals surface area contributed by atoms with Gasteiger partial charge in [0.05, 0.1) is 13.2 Å². The summed E-state index contributed by atoms with van der Waals surface area (Å²) in [7, 11) is 0. The molecule has 1 fully saturated rings. The average molecular weight is 207 g/mol. The van der Waals surface area contributed by atoms with E-state index in [4.69, 9.17) is 15.9 Å². The lowest BCUT2D eigenvalue weighted by Crippen LogP contribution is -2.37. The Morgan fingerprint density at radius 2 is 2.20 bits per heavy atom. The molecule has 3 N–H and O–H groups in total. The van der Waals surface area contributed by atoms with E-state index >= 15 is 0 Å². The molecule has 1 aromatic heterocycles. The van der Waals surface area contributed by atoms with E-state index in [1.165, 1.54) is 0 Å². The third-order valence-corrected chi connectivity index (χ3v) is 2.21. The number of amidine groups is 1. The average Bonchev–Trinajstić information content (AvgIpc) is 2.30. The van der Waals surface area contributed by atoms with Crippen LogP contribution in [0.5, 0.6) is 0 Å². The Balaban J connectivity index is 2.19. The van der Waals surface area contributed by atoms with Crippen molar-refractivity contribution < 1.29 is 4.74 Å². The summed E-state index contributed by atoms with van der Waals surface area (Å²) in [6, 6.07) is 1.63. The number of hydrogen-bond donors (Lipinski definition) is 2. The number of aromatic nitrogens is 2. The summed E-state index contributed by atoms with van der Waals surface area (Å²) in [6.07, 6.45) is 1.62. The molecule has 0 radical (unpaired) electrons. The predicted molar refractivity (Wildman–Crippen MR) is 56.1 cm³/mol. The number of nitrogens with one attached hydrogen (secondary N) is 1. The minimum Gasteiger partial charge on any atom is -0.382 e. The van der Waals surface area contributed by atoms with Crippen LogP contribution < -0.4 is 10.6 Å². The molecule has 0 aromatic carbocycles. The number of nitrogens with two attached hydrogens (primary N) is 1. The number of anilines is 1. The Bertz CT molecular complexity index is 361. The fourth-order valence-corrected chi connectivity index (χ4v) is 1.41. The molecule has 0 bridgehead atoms. The van der Waals surface area contributed by atoms with E-state index in [2.05, 4.69) is 9.97 Å². The van der Waals surface area contributed by atoms with E-state index in [0.29, 0.717) is 24.9 Å². The van der Waals surface area contributed by atoms with Crippen molar-refractivity contribution in [3.8, 4) is 0 Å². The first kappa shape index (κ1) is 9.85. The van der Waals surface area contributed by atoms with Gasteiger partial charge in [0.25, 0.3) is 0 Å². The van der Waals surface area contributed by atoms with Crippen LogP contribution in [-0.2, 0) is 4.74 Å². The number of nitrogens with zero attached hydrogens (tertiary/aromatic N) is 3. The smallest absolute Gasteiger partial charge is 0.226 e. The van der Waals surface area contributed by atoms with Crippen LogP contribution in [0.4, 0.5) is 5.95 Å². The van der Waals surface area contributed by atoms with Gasteiger partial charge in [-0.2, -0.15) is 0 Å². The zero-order chi connectivity index (χ0) is 10.7. The van der Waals surface area contributed by atoms with Crippen molar-refractivity contribution in [1.29, 1.82) is 5.41 Å². The summed E-state index contributed by atoms with van der Waals surface area (Å²) in [5.74, 6) is 0.581. The molecule has 6 nitrogen and oxygen atoms in total. The monoisotopic (exact) mass is 207 g/mol. The van der Waals surface area contributed by atoms with Crippen molar-refractivity contribution in [3.05, 3.63) is 18.0 Å². The van der Waals surface area contributed by atoms with Crippen LogP contribution in [0.1, 0.15) is 5.69 Å². The van der Waals surface area contributed by atoms with Gasteiger partial charge < -0.3 is 15.4 Å². The van der Waals surface area contributed by atoms with E-state index in [-0.39, 0.29) is 5.84 Å². The van der Waals surface area contributed by atoms with E-state index in [0.717, 1.165) is 13.1 Å². The van der Waals surface area contributed by atoms with Crippen LogP contribution in [0.25, 0.3) is 0 Å². The molecule has 0 unspecified atom stereocenters. The zero-order valence-corrected chi connectivity index (χ0v) is 8.31. The summed E-state index contributed by atoms with van der Waals surface area (Å²) in [4.78, 5) is 10.4. The molecule has 0 amide bonds. The van der Waals surface area contributed by atoms with Gasteiger partial charge in [0.1, 0.15) is 11.5 Å². The second kappa shape index (κ2) is 4.22. The van der Waals surface area contributed by atoms with Gasteiger partial charge in [-0.25, -0.2) is 9.97 Å². The number of morpholine rings is 1. The van der Waals surface area contributed by atoms with Crippen LogP contribution in [-0.4, -0.2) is 42.1 Å². The van der Waals surface area contributed by atoms with Crippen LogP contribution >= 0.6 is 0 Å². The van der Waals surface area contributed by atoms with Gasteiger partial charge in [-0.15, -0.1) is 0 Å². The highest BCUT2D eigenvalue weighted by Crippen LogP contribution is 2.09. The summed E-state index contributed by atoms with van der Waals surface area (Å²) < 4.78 is 5.23. The van der Waals surface area contributed by atoms with Crippen LogP contribution in [0.2, 0.25) is 0 Å². The highest BCUT2D eigenvalue weighted by Gasteiger charge is 2.14. The Hall–Kier alpha value is -1.69. The largest absolute Gasteiger partial charge is 0.382 e. The molecule has 0 saturated carbocycles. The minimum atomic E-state index is -0.0353. The molecule has 0 aliphatic carbocycles.